The van der Waals surface area contributed by atoms with Crippen molar-refractivity contribution in [2.75, 3.05) is 5.32 Å². The predicted octanol–water partition coefficient (Wildman–Crippen LogP) is 2.05. The molecule has 0 aliphatic heterocycles. The smallest absolute Gasteiger partial charge is 0.307 e. The first-order chi connectivity index (χ1) is 13.4. The Morgan fingerprint density at radius 1 is 1.29 bits per heavy atom. The number of aromatic amines is 1. The molecule has 2 aromatic heterocycles. The summed E-state index contributed by atoms with van der Waals surface area (Å²) >= 11 is 0. The number of carbonyl (C=O) groups excluding carboxylic acids is 1. The summed E-state index contributed by atoms with van der Waals surface area (Å²) in [5, 5.41) is 16.5. The first-order valence-electron chi connectivity index (χ1n) is 9.60. The number of aryl methyl sites for hydroxylation is 2. The van der Waals surface area contributed by atoms with Gasteiger partial charge in [-0.25, -0.2) is 4.98 Å². The van der Waals surface area contributed by atoms with Crippen LogP contribution in [0.2, 0.25) is 0 Å². The van der Waals surface area contributed by atoms with Crippen molar-refractivity contribution in [1.29, 1.82) is 0 Å². The largest absolute Gasteiger partial charge is 0.481 e. The summed E-state index contributed by atoms with van der Waals surface area (Å²) in [6.45, 7) is 3.76. The number of aromatic nitrogens is 4. The Hall–Kier alpha value is -2.97. The number of hydrogen-bond acceptors (Lipinski definition) is 5. The fourth-order valence-electron chi connectivity index (χ4n) is 3.69. The highest BCUT2D eigenvalue weighted by Gasteiger charge is 2.36. The Morgan fingerprint density at radius 2 is 2.00 bits per heavy atom. The van der Waals surface area contributed by atoms with Crippen LogP contribution in [-0.2, 0) is 16.0 Å². The lowest BCUT2D eigenvalue weighted by Crippen LogP contribution is -2.36. The van der Waals surface area contributed by atoms with Gasteiger partial charge in [-0.1, -0.05) is 26.2 Å². The van der Waals surface area contributed by atoms with Crippen molar-refractivity contribution in [3.63, 3.8) is 0 Å². The molecule has 3 rings (SSSR count). The summed E-state index contributed by atoms with van der Waals surface area (Å²) in [7, 11) is 0. The van der Waals surface area contributed by atoms with Crippen LogP contribution in [0.5, 0.6) is 0 Å². The van der Waals surface area contributed by atoms with E-state index in [9.17, 15) is 19.5 Å². The molecule has 0 aromatic carbocycles. The zero-order chi connectivity index (χ0) is 20.3. The molecule has 0 saturated heterocycles. The molecule has 1 aliphatic rings. The molecule has 28 heavy (non-hydrogen) atoms. The minimum atomic E-state index is -0.942. The second kappa shape index (κ2) is 8.37. The van der Waals surface area contributed by atoms with Gasteiger partial charge in [0.1, 0.15) is 5.82 Å². The van der Waals surface area contributed by atoms with Crippen molar-refractivity contribution >= 4 is 17.7 Å². The normalized spacial score (nSPS) is 19.4. The van der Waals surface area contributed by atoms with Gasteiger partial charge in [-0.2, -0.15) is 9.78 Å². The van der Waals surface area contributed by atoms with E-state index in [0.717, 1.165) is 19.3 Å². The molecular formula is C19H25N5O4. The van der Waals surface area contributed by atoms with Crippen LogP contribution >= 0.6 is 0 Å². The topological polar surface area (TPSA) is 130 Å². The van der Waals surface area contributed by atoms with E-state index in [-0.39, 0.29) is 17.4 Å². The van der Waals surface area contributed by atoms with Gasteiger partial charge in [0.05, 0.1) is 17.5 Å². The Bertz CT molecular complexity index is 933. The van der Waals surface area contributed by atoms with E-state index in [4.69, 9.17) is 0 Å². The van der Waals surface area contributed by atoms with Crippen molar-refractivity contribution in [2.24, 2.45) is 11.8 Å². The lowest BCUT2D eigenvalue weighted by molar-refractivity contribution is -0.147. The van der Waals surface area contributed by atoms with Crippen molar-refractivity contribution in [2.45, 2.75) is 52.4 Å². The number of nitrogens with zero attached hydrogens (tertiary/aromatic N) is 3. The highest BCUT2D eigenvalue weighted by molar-refractivity contribution is 5.94. The summed E-state index contributed by atoms with van der Waals surface area (Å²) in [5.74, 6) is -1.99. The van der Waals surface area contributed by atoms with Crippen LogP contribution < -0.4 is 10.9 Å². The molecule has 150 valence electrons. The summed E-state index contributed by atoms with van der Waals surface area (Å²) in [6.07, 6.45) is 4.18. The number of carboxylic acid groups (broad SMARTS) is 1. The van der Waals surface area contributed by atoms with Crippen LogP contribution in [-0.4, -0.2) is 36.7 Å². The van der Waals surface area contributed by atoms with Crippen LogP contribution in [0.4, 0.5) is 5.82 Å². The Kier molecular flexibility index (Phi) is 5.91. The minimum absolute atomic E-state index is 0.220. The number of carboxylic acids is 1. The zero-order valence-electron chi connectivity index (χ0n) is 16.1. The third-order valence-corrected chi connectivity index (χ3v) is 4.99. The highest BCUT2D eigenvalue weighted by Crippen LogP contribution is 2.31. The number of amides is 1. The van der Waals surface area contributed by atoms with E-state index >= 15 is 0 Å². The fourth-order valence-corrected chi connectivity index (χ4v) is 3.69. The average molecular weight is 387 g/mol. The van der Waals surface area contributed by atoms with E-state index < -0.39 is 17.8 Å². The first-order valence-corrected chi connectivity index (χ1v) is 9.60. The van der Waals surface area contributed by atoms with Gasteiger partial charge >= 0.3 is 5.97 Å². The van der Waals surface area contributed by atoms with Crippen molar-refractivity contribution in [3.8, 4) is 5.95 Å². The summed E-state index contributed by atoms with van der Waals surface area (Å²) in [5.41, 5.74) is 0.985. The number of nitrogens with one attached hydrogen (secondary N) is 2. The van der Waals surface area contributed by atoms with Gasteiger partial charge in [0.15, 0.2) is 0 Å². The van der Waals surface area contributed by atoms with Gasteiger partial charge < -0.3 is 10.4 Å². The van der Waals surface area contributed by atoms with Gasteiger partial charge in [0.25, 0.3) is 5.56 Å². The third kappa shape index (κ3) is 4.29. The molecule has 2 atom stereocenters. The van der Waals surface area contributed by atoms with Gasteiger partial charge in [-0.15, -0.1) is 0 Å². The number of rotatable bonds is 6. The predicted molar refractivity (Wildman–Crippen MR) is 102 cm³/mol. The molecule has 9 heteroatoms. The van der Waals surface area contributed by atoms with Crippen molar-refractivity contribution in [1.82, 2.24) is 19.7 Å². The molecule has 0 spiro atoms. The monoisotopic (exact) mass is 387 g/mol. The van der Waals surface area contributed by atoms with Crippen molar-refractivity contribution in [3.05, 3.63) is 33.9 Å². The van der Waals surface area contributed by atoms with Gasteiger partial charge in [-0.3, -0.25) is 19.4 Å². The van der Waals surface area contributed by atoms with Gasteiger partial charge in [0, 0.05) is 17.8 Å². The number of carbonyl (C=O) groups is 2. The number of H-pyrrole nitrogens is 1. The van der Waals surface area contributed by atoms with Gasteiger partial charge in [-0.05, 0) is 26.2 Å². The fraction of sp³-hybridized carbons (Fsp3) is 0.526. The molecule has 2 aromatic rings. The molecule has 1 aliphatic carbocycles. The molecule has 9 nitrogen and oxygen atoms in total. The molecule has 2 heterocycles. The SMILES string of the molecule is CCCc1cc(=O)[nH]c(-n2nc(C)cc2NC(=O)[C@H]2CCCC[C@H]2C(=O)O)n1. The number of hydrogen-bond donors (Lipinski definition) is 3. The van der Waals surface area contributed by atoms with E-state index in [1.807, 2.05) is 6.92 Å². The number of aliphatic carboxylic acids is 1. The van der Waals surface area contributed by atoms with Crippen LogP contribution in [0.25, 0.3) is 5.95 Å². The Morgan fingerprint density at radius 3 is 2.68 bits per heavy atom. The maximum absolute atomic E-state index is 12.8. The van der Waals surface area contributed by atoms with Gasteiger partial charge in [0.2, 0.25) is 11.9 Å². The number of anilines is 1. The van der Waals surface area contributed by atoms with Crippen LogP contribution in [0.15, 0.2) is 16.9 Å². The first kappa shape index (κ1) is 19.8. The molecule has 0 radical (unpaired) electrons. The second-order valence-electron chi connectivity index (χ2n) is 7.22. The maximum atomic E-state index is 12.8. The highest BCUT2D eigenvalue weighted by atomic mass is 16.4. The van der Waals surface area contributed by atoms with E-state index in [0.29, 0.717) is 36.5 Å². The van der Waals surface area contributed by atoms with E-state index in [2.05, 4.69) is 20.4 Å². The molecule has 1 amide bonds. The van der Waals surface area contributed by atoms with Crippen LogP contribution in [0, 0.1) is 18.8 Å². The molecule has 1 fully saturated rings. The molecular weight excluding hydrogens is 362 g/mol. The average Bonchev–Trinajstić information content (AvgIpc) is 3.01. The molecule has 0 unspecified atom stereocenters. The molecule has 1 saturated carbocycles. The zero-order valence-corrected chi connectivity index (χ0v) is 16.1. The maximum Gasteiger partial charge on any atom is 0.307 e. The minimum Gasteiger partial charge on any atom is -0.481 e. The van der Waals surface area contributed by atoms with E-state index in [1.54, 1.807) is 13.0 Å². The summed E-state index contributed by atoms with van der Waals surface area (Å²) in [6, 6.07) is 3.12. The molecule has 0 bridgehead atoms. The van der Waals surface area contributed by atoms with Crippen LogP contribution in [0.1, 0.15) is 50.4 Å². The lowest BCUT2D eigenvalue weighted by atomic mass is 9.79. The van der Waals surface area contributed by atoms with E-state index in [1.165, 1.54) is 10.7 Å². The van der Waals surface area contributed by atoms with Crippen LogP contribution in [0.3, 0.4) is 0 Å². The summed E-state index contributed by atoms with van der Waals surface area (Å²) in [4.78, 5) is 43.4. The molecule has 3 N–H and O–H groups in total. The lowest BCUT2D eigenvalue weighted by Gasteiger charge is -2.27. The summed E-state index contributed by atoms with van der Waals surface area (Å²) < 4.78 is 1.38. The Balaban J connectivity index is 1.89. The second-order valence-corrected chi connectivity index (χ2v) is 7.22. The quantitative estimate of drug-likeness (QED) is 0.695. The Labute approximate surface area is 162 Å². The van der Waals surface area contributed by atoms with Crippen molar-refractivity contribution < 1.29 is 14.7 Å². The third-order valence-electron chi connectivity index (χ3n) is 4.99. The standard InChI is InChI=1S/C19H25N5O4/c1-3-6-12-10-16(25)22-19(20-12)24-15(9-11(2)23-24)21-17(26)13-7-4-5-8-14(13)18(27)28/h9-10,13-14H,3-8H2,1-2H3,(H,21,26)(H,27,28)(H,20,22,25)/t13-,14+/m0/s1.